The fourth-order valence-corrected chi connectivity index (χ4v) is 0.623. The van der Waals surface area contributed by atoms with E-state index in [-0.39, 0.29) is 0 Å². The molecule has 1 rings (SSSR count). The van der Waals surface area contributed by atoms with Crippen LogP contribution in [0.4, 0.5) is 0 Å². The van der Waals surface area contributed by atoms with Crippen LogP contribution in [0.1, 0.15) is 5.69 Å². The van der Waals surface area contributed by atoms with Gasteiger partial charge in [-0.3, -0.25) is 4.98 Å². The Morgan fingerprint density at radius 3 is 2.88 bits per heavy atom. The Balaban J connectivity index is 3.03. The topological polar surface area (TPSA) is 12.9 Å². The Labute approximate surface area is 56.9 Å². The quantitative estimate of drug-likeness (QED) is 0.581. The molecule has 0 aliphatic heterocycles. The van der Waals surface area contributed by atoms with Gasteiger partial charge in [-0.25, -0.2) is 0 Å². The van der Waals surface area contributed by atoms with Crippen molar-refractivity contribution in [1.29, 1.82) is 0 Å². The first-order valence-corrected chi connectivity index (χ1v) is 3.08. The highest BCUT2D eigenvalue weighted by atomic mass is 79.9. The molecule has 1 aromatic heterocycles. The van der Waals surface area contributed by atoms with Gasteiger partial charge in [0.2, 0.25) is 0 Å². The highest BCUT2D eigenvalue weighted by Crippen LogP contribution is 2.04. The number of hydrogen-bond donors (Lipinski definition) is 0. The van der Waals surface area contributed by atoms with Gasteiger partial charge in [0.05, 0.1) is 0 Å². The fourth-order valence-electron chi connectivity index (χ4n) is 0.406. The Kier molecular flexibility index (Phi) is 1.63. The number of aryl methyl sites for hydroxylation is 1. The summed E-state index contributed by atoms with van der Waals surface area (Å²) in [5.41, 5.74) is 0.994. The van der Waals surface area contributed by atoms with Crippen LogP contribution in [0.15, 0.2) is 16.7 Å². The van der Waals surface area contributed by atoms with E-state index in [0.29, 0.717) is 0 Å². The number of aromatic nitrogens is 1. The third-order valence-corrected chi connectivity index (χ3v) is 1.23. The Morgan fingerprint density at radius 1 is 1.75 bits per heavy atom. The second kappa shape index (κ2) is 2.27. The van der Waals surface area contributed by atoms with Crippen molar-refractivity contribution in [2.75, 3.05) is 0 Å². The summed E-state index contributed by atoms with van der Waals surface area (Å²) in [4.78, 5) is 4.00. The average Bonchev–Trinajstić information content (AvgIpc) is 1.77. The highest BCUT2D eigenvalue weighted by Gasteiger charge is 1.83. The summed E-state index contributed by atoms with van der Waals surface area (Å²) in [5.74, 6) is 0. The third-order valence-electron chi connectivity index (χ3n) is 0.800. The number of rotatable bonds is 0. The molecule has 1 radical (unpaired) electrons. The summed E-state index contributed by atoms with van der Waals surface area (Å²) >= 11 is 3.23. The third kappa shape index (κ3) is 1.30. The van der Waals surface area contributed by atoms with Crippen LogP contribution in [-0.4, -0.2) is 4.98 Å². The lowest BCUT2D eigenvalue weighted by Crippen LogP contribution is -1.76. The van der Waals surface area contributed by atoms with Gasteiger partial charge in [0, 0.05) is 22.4 Å². The minimum absolute atomic E-state index is 0.906. The zero-order chi connectivity index (χ0) is 5.98. The van der Waals surface area contributed by atoms with Crippen LogP contribution in [0, 0.1) is 13.0 Å². The van der Waals surface area contributed by atoms with Crippen molar-refractivity contribution in [2.24, 2.45) is 0 Å². The Morgan fingerprint density at radius 2 is 2.50 bits per heavy atom. The van der Waals surface area contributed by atoms with Crippen molar-refractivity contribution in [3.63, 3.8) is 0 Å². The van der Waals surface area contributed by atoms with Gasteiger partial charge in [-0.1, -0.05) is 0 Å². The van der Waals surface area contributed by atoms with Gasteiger partial charge in [-0.15, -0.1) is 0 Å². The minimum Gasteiger partial charge on any atom is -0.260 e. The summed E-state index contributed by atoms with van der Waals surface area (Å²) in [6, 6.07) is 4.79. The zero-order valence-electron chi connectivity index (χ0n) is 4.48. The van der Waals surface area contributed by atoms with E-state index in [1.807, 2.05) is 13.0 Å². The van der Waals surface area contributed by atoms with E-state index in [4.69, 9.17) is 0 Å². The zero-order valence-corrected chi connectivity index (χ0v) is 6.07. The lowest BCUT2D eigenvalue weighted by Gasteiger charge is -1.87. The normalized spacial score (nSPS) is 9.25. The molecule has 0 aliphatic rings. The predicted molar refractivity (Wildman–Crippen MR) is 35.5 cm³/mol. The molecule has 1 heterocycles. The van der Waals surface area contributed by atoms with Crippen LogP contribution < -0.4 is 0 Å². The van der Waals surface area contributed by atoms with Crippen molar-refractivity contribution in [1.82, 2.24) is 4.98 Å². The summed E-state index contributed by atoms with van der Waals surface area (Å²) in [5, 5.41) is 0. The molecule has 0 saturated carbocycles. The number of halogens is 1. The molecule has 0 atom stereocenters. The van der Waals surface area contributed by atoms with E-state index < -0.39 is 0 Å². The van der Waals surface area contributed by atoms with Gasteiger partial charge >= 0.3 is 0 Å². The molecule has 0 aliphatic carbocycles. The second-order valence-electron chi connectivity index (χ2n) is 1.54. The van der Waals surface area contributed by atoms with Crippen LogP contribution >= 0.6 is 15.9 Å². The molecule has 1 aromatic rings. The van der Waals surface area contributed by atoms with Crippen molar-refractivity contribution in [3.8, 4) is 0 Å². The van der Waals surface area contributed by atoms with Crippen LogP contribution in [0.25, 0.3) is 0 Å². The highest BCUT2D eigenvalue weighted by molar-refractivity contribution is 9.10. The molecule has 8 heavy (non-hydrogen) atoms. The maximum Gasteiger partial charge on any atom is 0.0437 e. The van der Waals surface area contributed by atoms with Gasteiger partial charge < -0.3 is 0 Å². The smallest absolute Gasteiger partial charge is 0.0437 e. The molecule has 1 nitrogen and oxygen atoms in total. The minimum atomic E-state index is 0.906. The lowest BCUT2D eigenvalue weighted by molar-refractivity contribution is 1.19. The van der Waals surface area contributed by atoms with Gasteiger partial charge in [0.15, 0.2) is 0 Å². The first kappa shape index (κ1) is 5.76. The average molecular weight is 171 g/mol. The molecule has 0 fully saturated rings. The summed E-state index contributed by atoms with van der Waals surface area (Å²) in [7, 11) is 0. The van der Waals surface area contributed by atoms with Crippen LogP contribution in [-0.2, 0) is 0 Å². The number of pyridine rings is 1. The number of hydrogen-bond acceptors (Lipinski definition) is 1. The predicted octanol–water partition coefficient (Wildman–Crippen LogP) is 1.95. The molecule has 41 valence electrons. The molecular formula is C6H5BrN. The SMILES string of the molecule is Cc1c[c]c(Br)cn1. The fraction of sp³-hybridized carbons (Fsp3) is 0.167. The monoisotopic (exact) mass is 170 g/mol. The summed E-state index contributed by atoms with van der Waals surface area (Å²) < 4.78 is 0.906. The number of nitrogens with zero attached hydrogens (tertiary/aromatic N) is 1. The Bertz CT molecular complexity index is 147. The van der Waals surface area contributed by atoms with E-state index in [2.05, 4.69) is 27.0 Å². The van der Waals surface area contributed by atoms with E-state index in [1.165, 1.54) is 0 Å². The largest absolute Gasteiger partial charge is 0.260 e. The molecule has 0 saturated heterocycles. The van der Waals surface area contributed by atoms with Crippen molar-refractivity contribution in [2.45, 2.75) is 6.92 Å². The van der Waals surface area contributed by atoms with Crippen molar-refractivity contribution >= 4 is 15.9 Å². The Hall–Kier alpha value is -0.370. The van der Waals surface area contributed by atoms with Gasteiger partial charge in [-0.05, 0) is 28.9 Å². The van der Waals surface area contributed by atoms with Gasteiger partial charge in [0.25, 0.3) is 0 Å². The maximum atomic E-state index is 4.00. The molecule has 2 heteroatoms. The van der Waals surface area contributed by atoms with E-state index in [0.717, 1.165) is 10.2 Å². The summed E-state index contributed by atoms with van der Waals surface area (Å²) in [6.45, 7) is 1.93. The first-order valence-electron chi connectivity index (χ1n) is 2.29. The molecule has 0 unspecified atom stereocenters. The molecule has 0 spiro atoms. The molecular weight excluding hydrogens is 166 g/mol. The van der Waals surface area contributed by atoms with Crippen LogP contribution in [0.3, 0.4) is 0 Å². The summed E-state index contributed by atoms with van der Waals surface area (Å²) in [6.07, 6.45) is 1.73. The van der Waals surface area contributed by atoms with E-state index in [9.17, 15) is 0 Å². The van der Waals surface area contributed by atoms with Crippen LogP contribution in [0.2, 0.25) is 0 Å². The van der Waals surface area contributed by atoms with Crippen molar-refractivity contribution in [3.05, 3.63) is 28.5 Å². The first-order chi connectivity index (χ1) is 3.79. The lowest BCUT2D eigenvalue weighted by atomic mass is 10.4. The molecule has 0 bridgehead atoms. The maximum absolute atomic E-state index is 4.00. The molecule has 0 N–H and O–H groups in total. The van der Waals surface area contributed by atoms with E-state index in [1.54, 1.807) is 6.20 Å². The van der Waals surface area contributed by atoms with E-state index >= 15 is 0 Å². The van der Waals surface area contributed by atoms with Crippen molar-refractivity contribution < 1.29 is 0 Å². The molecule has 0 amide bonds. The van der Waals surface area contributed by atoms with Crippen LogP contribution in [0.5, 0.6) is 0 Å². The standard InChI is InChI=1S/C6H5BrN/c1-5-2-3-6(7)4-8-5/h2,4H,1H3. The second-order valence-corrected chi connectivity index (χ2v) is 2.39. The van der Waals surface area contributed by atoms with Gasteiger partial charge in [0.1, 0.15) is 0 Å². The van der Waals surface area contributed by atoms with Gasteiger partial charge in [-0.2, -0.15) is 0 Å². The molecule has 0 aromatic carbocycles.